The lowest BCUT2D eigenvalue weighted by Gasteiger charge is -2.23. The van der Waals surface area contributed by atoms with E-state index in [0.717, 1.165) is 0 Å². The van der Waals surface area contributed by atoms with Crippen molar-refractivity contribution in [2.75, 3.05) is 11.5 Å². The summed E-state index contributed by atoms with van der Waals surface area (Å²) in [5.74, 6) is 0.124. The van der Waals surface area contributed by atoms with E-state index in [9.17, 15) is 13.8 Å². The largest absolute Gasteiger partial charge is 0.480 e. The zero-order valence-corrected chi connectivity index (χ0v) is 9.88. The molecule has 0 spiro atoms. The minimum absolute atomic E-state index is 0.00121. The molecule has 92 valence electrons. The number of carboxylic acid groups (broad SMARTS) is 1. The fourth-order valence-corrected chi connectivity index (χ4v) is 2.72. The zero-order valence-electron chi connectivity index (χ0n) is 9.06. The number of nitrogens with one attached hydrogen (secondary N) is 2. The van der Waals surface area contributed by atoms with Crippen molar-refractivity contribution >= 4 is 22.8 Å². The summed E-state index contributed by atoms with van der Waals surface area (Å²) in [5, 5.41) is 13.6. The predicted molar refractivity (Wildman–Crippen MR) is 59.7 cm³/mol. The Bertz CT molecular complexity index is 298. The van der Waals surface area contributed by atoms with Gasteiger partial charge in [0.05, 0.1) is 0 Å². The van der Waals surface area contributed by atoms with Crippen molar-refractivity contribution in [3.05, 3.63) is 0 Å². The first-order valence-electron chi connectivity index (χ1n) is 5.14. The standard InChI is InChI=1S/C9H16N2O4S/c1-6(8(12)13)10-9(14)11-7-2-4-16(15)5-3-7/h6-7H,2-5H2,1H3,(H,12,13)(H2,10,11,14)/t6-,7?,16?/m1/s1. The molecule has 1 atom stereocenters. The maximum Gasteiger partial charge on any atom is 0.325 e. The second-order valence-corrected chi connectivity index (χ2v) is 5.50. The molecule has 0 unspecified atom stereocenters. The lowest BCUT2D eigenvalue weighted by Crippen LogP contribution is -2.49. The number of urea groups is 1. The van der Waals surface area contributed by atoms with Crippen molar-refractivity contribution in [3.63, 3.8) is 0 Å². The summed E-state index contributed by atoms with van der Waals surface area (Å²) in [6, 6.07) is -1.39. The summed E-state index contributed by atoms with van der Waals surface area (Å²) < 4.78 is 11.1. The summed E-state index contributed by atoms with van der Waals surface area (Å²) in [7, 11) is -0.760. The van der Waals surface area contributed by atoms with Crippen LogP contribution >= 0.6 is 0 Å². The van der Waals surface area contributed by atoms with Gasteiger partial charge >= 0.3 is 12.0 Å². The van der Waals surface area contributed by atoms with Gasteiger partial charge in [0.1, 0.15) is 6.04 Å². The first kappa shape index (κ1) is 13.0. The second-order valence-electron chi connectivity index (χ2n) is 3.80. The lowest BCUT2D eigenvalue weighted by molar-refractivity contribution is -0.138. The summed E-state index contributed by atoms with van der Waals surface area (Å²) in [6.45, 7) is 1.40. The average molecular weight is 248 g/mol. The van der Waals surface area contributed by atoms with Gasteiger partial charge in [0.25, 0.3) is 0 Å². The number of carboxylic acids is 1. The van der Waals surface area contributed by atoms with Crippen LogP contribution in [0.5, 0.6) is 0 Å². The monoisotopic (exact) mass is 248 g/mol. The van der Waals surface area contributed by atoms with Crippen molar-refractivity contribution < 1.29 is 18.9 Å². The van der Waals surface area contributed by atoms with Gasteiger partial charge < -0.3 is 15.7 Å². The Kier molecular flexibility index (Phi) is 4.72. The maximum absolute atomic E-state index is 11.3. The highest BCUT2D eigenvalue weighted by Crippen LogP contribution is 2.08. The molecule has 1 fully saturated rings. The van der Waals surface area contributed by atoms with Crippen LogP contribution in [0.3, 0.4) is 0 Å². The molecule has 0 saturated carbocycles. The van der Waals surface area contributed by atoms with Crippen molar-refractivity contribution in [2.45, 2.75) is 31.8 Å². The fourth-order valence-electron chi connectivity index (χ4n) is 1.42. The maximum atomic E-state index is 11.3. The highest BCUT2D eigenvalue weighted by molar-refractivity contribution is 7.85. The third kappa shape index (κ3) is 4.18. The Hall–Kier alpha value is -1.11. The van der Waals surface area contributed by atoms with Crippen LogP contribution in [0.4, 0.5) is 4.79 Å². The van der Waals surface area contributed by atoms with Crippen molar-refractivity contribution in [3.8, 4) is 0 Å². The number of carbonyl (C=O) groups is 2. The van der Waals surface area contributed by atoms with E-state index in [-0.39, 0.29) is 6.04 Å². The fraction of sp³-hybridized carbons (Fsp3) is 0.778. The first-order valence-corrected chi connectivity index (χ1v) is 6.62. The van der Waals surface area contributed by atoms with E-state index < -0.39 is 28.8 Å². The minimum atomic E-state index is -1.07. The quantitative estimate of drug-likeness (QED) is 0.637. The Morgan fingerprint density at radius 1 is 1.38 bits per heavy atom. The van der Waals surface area contributed by atoms with Gasteiger partial charge in [-0.25, -0.2) is 4.79 Å². The molecule has 3 N–H and O–H groups in total. The predicted octanol–water partition coefficient (Wildman–Crippen LogP) is -0.330. The van der Waals surface area contributed by atoms with E-state index in [1.54, 1.807) is 0 Å². The molecule has 0 aromatic carbocycles. The molecule has 0 bridgehead atoms. The van der Waals surface area contributed by atoms with Crippen LogP contribution in [0, 0.1) is 0 Å². The summed E-state index contributed by atoms with van der Waals surface area (Å²) in [4.78, 5) is 21.8. The second kappa shape index (κ2) is 5.83. The molecule has 0 aliphatic carbocycles. The third-order valence-corrected chi connectivity index (χ3v) is 3.82. The molecular formula is C9H16N2O4S. The molecular weight excluding hydrogens is 232 g/mol. The number of rotatable bonds is 3. The van der Waals surface area contributed by atoms with Crippen LogP contribution in [-0.4, -0.2) is 44.9 Å². The molecule has 1 rings (SSSR count). The molecule has 1 aliphatic rings. The van der Waals surface area contributed by atoms with E-state index in [1.165, 1.54) is 6.92 Å². The van der Waals surface area contributed by atoms with E-state index in [1.807, 2.05) is 0 Å². The smallest absolute Gasteiger partial charge is 0.325 e. The van der Waals surface area contributed by atoms with Crippen LogP contribution in [0.15, 0.2) is 0 Å². The third-order valence-electron chi connectivity index (χ3n) is 2.44. The zero-order chi connectivity index (χ0) is 12.1. The van der Waals surface area contributed by atoms with Crippen molar-refractivity contribution in [2.24, 2.45) is 0 Å². The highest BCUT2D eigenvalue weighted by Gasteiger charge is 2.21. The SMILES string of the molecule is C[C@@H](NC(=O)NC1CCS(=O)CC1)C(=O)O. The molecule has 16 heavy (non-hydrogen) atoms. The van der Waals surface area contributed by atoms with Crippen LogP contribution in [0.1, 0.15) is 19.8 Å². The first-order chi connectivity index (χ1) is 7.49. The molecule has 1 heterocycles. The molecule has 0 aromatic heterocycles. The van der Waals surface area contributed by atoms with Gasteiger partial charge in [-0.3, -0.25) is 9.00 Å². The molecule has 2 amide bonds. The average Bonchev–Trinajstić information content (AvgIpc) is 2.21. The van der Waals surface area contributed by atoms with Crippen LogP contribution in [0.25, 0.3) is 0 Å². The molecule has 1 aliphatic heterocycles. The van der Waals surface area contributed by atoms with E-state index in [2.05, 4.69) is 10.6 Å². The normalized spacial score (nSPS) is 26.8. The van der Waals surface area contributed by atoms with Gasteiger partial charge in [0.15, 0.2) is 0 Å². The molecule has 1 saturated heterocycles. The number of amides is 2. The topological polar surface area (TPSA) is 95.5 Å². The van der Waals surface area contributed by atoms with Crippen LogP contribution < -0.4 is 10.6 Å². The molecule has 0 radical (unpaired) electrons. The van der Waals surface area contributed by atoms with E-state index in [4.69, 9.17) is 5.11 Å². The minimum Gasteiger partial charge on any atom is -0.480 e. The molecule has 6 nitrogen and oxygen atoms in total. The molecule has 7 heteroatoms. The number of hydrogen-bond acceptors (Lipinski definition) is 3. The van der Waals surface area contributed by atoms with Crippen molar-refractivity contribution in [1.29, 1.82) is 0 Å². The van der Waals surface area contributed by atoms with Crippen LogP contribution in [0.2, 0.25) is 0 Å². The van der Waals surface area contributed by atoms with Gasteiger partial charge in [-0.05, 0) is 19.8 Å². The molecule has 0 aromatic rings. The number of aliphatic carboxylic acids is 1. The summed E-state index contributed by atoms with van der Waals surface area (Å²) in [5.41, 5.74) is 0. The Balaban J connectivity index is 2.29. The Morgan fingerprint density at radius 3 is 2.44 bits per heavy atom. The summed E-state index contributed by atoms with van der Waals surface area (Å²) >= 11 is 0. The van der Waals surface area contributed by atoms with E-state index in [0.29, 0.717) is 24.3 Å². The van der Waals surface area contributed by atoms with E-state index >= 15 is 0 Å². The Labute approximate surface area is 96.2 Å². The van der Waals surface area contributed by atoms with Gasteiger partial charge in [-0.2, -0.15) is 0 Å². The number of carbonyl (C=O) groups excluding carboxylic acids is 1. The van der Waals surface area contributed by atoms with Crippen LogP contribution in [-0.2, 0) is 15.6 Å². The van der Waals surface area contributed by atoms with Gasteiger partial charge in [-0.15, -0.1) is 0 Å². The summed E-state index contributed by atoms with van der Waals surface area (Å²) in [6.07, 6.45) is 1.36. The lowest BCUT2D eigenvalue weighted by atomic mass is 10.2. The highest BCUT2D eigenvalue weighted by atomic mass is 32.2. The van der Waals surface area contributed by atoms with Gasteiger partial charge in [-0.1, -0.05) is 0 Å². The Morgan fingerprint density at radius 2 is 1.94 bits per heavy atom. The van der Waals surface area contributed by atoms with Gasteiger partial charge in [0, 0.05) is 28.3 Å². The number of hydrogen-bond donors (Lipinski definition) is 3. The van der Waals surface area contributed by atoms with Gasteiger partial charge in [0.2, 0.25) is 0 Å². The van der Waals surface area contributed by atoms with Crippen molar-refractivity contribution in [1.82, 2.24) is 10.6 Å².